The molecule has 0 saturated heterocycles. The Bertz CT molecular complexity index is 637. The van der Waals surface area contributed by atoms with Gasteiger partial charge in [-0.25, -0.2) is 18.4 Å². The maximum atomic E-state index is 11.5. The fourth-order valence-electron chi connectivity index (χ4n) is 1.54. The van der Waals surface area contributed by atoms with E-state index < -0.39 is 15.6 Å². The first kappa shape index (κ1) is 12.5. The molecule has 0 amide bonds. The molecule has 1 aliphatic heterocycles. The van der Waals surface area contributed by atoms with Crippen LogP contribution in [0.5, 0.6) is 0 Å². The summed E-state index contributed by atoms with van der Waals surface area (Å²) in [7, 11) is -3.31. The Morgan fingerprint density at radius 2 is 2.11 bits per heavy atom. The average Bonchev–Trinajstić information content (AvgIpc) is 2.28. The molecule has 0 bridgehead atoms. The number of rotatable bonds is 2. The molecule has 5 N–H and O–H groups in total. The van der Waals surface area contributed by atoms with Gasteiger partial charge in [0.1, 0.15) is 0 Å². The lowest BCUT2D eigenvalue weighted by Crippen LogP contribution is -2.44. The van der Waals surface area contributed by atoms with Crippen molar-refractivity contribution < 1.29 is 8.42 Å². The van der Waals surface area contributed by atoms with Crippen molar-refractivity contribution in [2.45, 2.75) is 10.7 Å². The molecule has 0 fully saturated rings. The van der Waals surface area contributed by atoms with Crippen LogP contribution in [0.4, 0.5) is 0 Å². The van der Waals surface area contributed by atoms with Crippen LogP contribution in [0.3, 0.4) is 0 Å². The minimum Gasteiger partial charge on any atom is -0.370 e. The third-order valence-corrected chi connectivity index (χ3v) is 3.56. The Morgan fingerprint density at radius 3 is 2.72 bits per heavy atom. The summed E-state index contributed by atoms with van der Waals surface area (Å²) in [5, 5.41) is 2.59. The van der Waals surface area contributed by atoms with Crippen LogP contribution in [0.1, 0.15) is 5.56 Å². The van der Waals surface area contributed by atoms with Crippen molar-refractivity contribution in [1.82, 2.24) is 5.32 Å². The summed E-state index contributed by atoms with van der Waals surface area (Å²) in [6.45, 7) is 0. The van der Waals surface area contributed by atoms with Crippen molar-refractivity contribution in [1.29, 1.82) is 0 Å². The summed E-state index contributed by atoms with van der Waals surface area (Å²) in [4.78, 5) is 8.12. The average molecular weight is 267 g/mol. The number of sulfone groups is 1. The van der Waals surface area contributed by atoms with E-state index >= 15 is 0 Å². The molecular formula is C10H13N5O2S. The minimum atomic E-state index is -3.31. The van der Waals surface area contributed by atoms with Gasteiger partial charge in [-0.1, -0.05) is 12.1 Å². The van der Waals surface area contributed by atoms with Gasteiger partial charge in [0, 0.05) is 11.8 Å². The Labute approximate surface area is 105 Å². The van der Waals surface area contributed by atoms with Crippen LogP contribution in [-0.2, 0) is 15.6 Å². The van der Waals surface area contributed by atoms with E-state index in [0.29, 0.717) is 5.56 Å². The summed E-state index contributed by atoms with van der Waals surface area (Å²) in [5.41, 5.74) is 12.0. The van der Waals surface area contributed by atoms with E-state index in [4.69, 9.17) is 11.5 Å². The Balaban J connectivity index is 2.53. The quantitative estimate of drug-likeness (QED) is 0.641. The van der Waals surface area contributed by atoms with Crippen molar-refractivity contribution in [2.75, 3.05) is 6.26 Å². The molecule has 18 heavy (non-hydrogen) atoms. The number of nitrogens with zero attached hydrogens (tertiary/aromatic N) is 2. The van der Waals surface area contributed by atoms with E-state index in [-0.39, 0.29) is 10.9 Å². The van der Waals surface area contributed by atoms with Gasteiger partial charge < -0.3 is 11.1 Å². The topological polar surface area (TPSA) is 123 Å². The van der Waals surface area contributed by atoms with E-state index in [1.165, 1.54) is 18.5 Å². The molecule has 1 aromatic rings. The lowest BCUT2D eigenvalue weighted by Gasteiger charge is -2.24. The van der Waals surface area contributed by atoms with Gasteiger partial charge in [-0.2, -0.15) is 0 Å². The van der Waals surface area contributed by atoms with Gasteiger partial charge in [0.15, 0.2) is 15.8 Å². The molecule has 1 heterocycles. The van der Waals surface area contributed by atoms with E-state index in [1.54, 1.807) is 12.1 Å². The van der Waals surface area contributed by atoms with Gasteiger partial charge in [0.05, 0.1) is 11.2 Å². The Kier molecular flexibility index (Phi) is 2.83. The number of hydrogen-bond donors (Lipinski definition) is 3. The molecule has 1 aliphatic rings. The van der Waals surface area contributed by atoms with E-state index in [1.807, 2.05) is 0 Å². The number of aliphatic imine (C=N–C) groups is 2. The highest BCUT2D eigenvalue weighted by atomic mass is 32.2. The van der Waals surface area contributed by atoms with Crippen molar-refractivity contribution in [3.63, 3.8) is 0 Å². The molecule has 1 atom stereocenters. The zero-order valence-electron chi connectivity index (χ0n) is 9.66. The number of nitrogens with two attached hydrogens (primary N) is 2. The van der Waals surface area contributed by atoms with Crippen LogP contribution in [0.2, 0.25) is 0 Å². The summed E-state index contributed by atoms with van der Waals surface area (Å²) in [5.74, 6) is -1.27. The fraction of sp³-hybridized carbons (Fsp3) is 0.200. The molecule has 0 radical (unpaired) electrons. The monoisotopic (exact) mass is 267 g/mol. The minimum absolute atomic E-state index is 0.122. The van der Waals surface area contributed by atoms with Crippen LogP contribution in [0, 0.1) is 0 Å². The molecule has 1 unspecified atom stereocenters. The standard InChI is InChI=1S/C10H13N5O2S/c1-18(16,17)8-4-2-3-7(5-8)10(12)14-6-13-9(11)15-10/h2-6H,12H2,1H3,(H3,11,13,14,15). The van der Waals surface area contributed by atoms with Crippen molar-refractivity contribution in [2.24, 2.45) is 21.5 Å². The molecular weight excluding hydrogens is 254 g/mol. The van der Waals surface area contributed by atoms with Crippen LogP contribution in [0.25, 0.3) is 0 Å². The lowest BCUT2D eigenvalue weighted by molar-refractivity contribution is 0.487. The Hall–Kier alpha value is -1.93. The van der Waals surface area contributed by atoms with Crippen LogP contribution >= 0.6 is 0 Å². The maximum Gasteiger partial charge on any atom is 0.233 e. The maximum absolute atomic E-state index is 11.5. The predicted molar refractivity (Wildman–Crippen MR) is 68.7 cm³/mol. The fourth-order valence-corrected chi connectivity index (χ4v) is 2.20. The first-order valence-electron chi connectivity index (χ1n) is 5.06. The number of guanidine groups is 1. The second kappa shape index (κ2) is 4.07. The molecule has 8 heteroatoms. The third kappa shape index (κ3) is 2.34. The highest BCUT2D eigenvalue weighted by molar-refractivity contribution is 7.90. The van der Waals surface area contributed by atoms with E-state index in [9.17, 15) is 8.42 Å². The van der Waals surface area contributed by atoms with Crippen LogP contribution in [0.15, 0.2) is 39.1 Å². The van der Waals surface area contributed by atoms with Gasteiger partial charge >= 0.3 is 0 Å². The highest BCUT2D eigenvalue weighted by Gasteiger charge is 2.28. The van der Waals surface area contributed by atoms with Gasteiger partial charge in [0.25, 0.3) is 0 Å². The number of nitrogens with one attached hydrogen (secondary N) is 1. The molecule has 2 rings (SSSR count). The summed E-state index contributed by atoms with van der Waals surface area (Å²) in [6.07, 6.45) is 2.45. The third-order valence-electron chi connectivity index (χ3n) is 2.45. The first-order chi connectivity index (χ1) is 8.31. The summed E-state index contributed by atoms with van der Waals surface area (Å²) >= 11 is 0. The van der Waals surface area contributed by atoms with Gasteiger partial charge in [0.2, 0.25) is 5.79 Å². The number of hydrogen-bond acceptors (Lipinski definition) is 7. The zero-order valence-corrected chi connectivity index (χ0v) is 10.5. The summed E-state index contributed by atoms with van der Waals surface area (Å²) < 4.78 is 23.0. The predicted octanol–water partition coefficient (Wildman–Crippen LogP) is -0.895. The second-order valence-corrected chi connectivity index (χ2v) is 5.94. The van der Waals surface area contributed by atoms with Gasteiger partial charge in [-0.3, -0.25) is 5.73 Å². The van der Waals surface area contributed by atoms with E-state index in [0.717, 1.165) is 6.26 Å². The largest absolute Gasteiger partial charge is 0.370 e. The molecule has 0 spiro atoms. The van der Waals surface area contributed by atoms with Crippen molar-refractivity contribution in [3.8, 4) is 0 Å². The first-order valence-corrected chi connectivity index (χ1v) is 6.95. The Morgan fingerprint density at radius 1 is 1.39 bits per heavy atom. The van der Waals surface area contributed by atoms with Gasteiger partial charge in [-0.15, -0.1) is 0 Å². The zero-order chi connectivity index (χ0) is 13.4. The molecule has 0 aromatic heterocycles. The van der Waals surface area contributed by atoms with E-state index in [2.05, 4.69) is 15.3 Å². The molecule has 1 aromatic carbocycles. The lowest BCUT2D eigenvalue weighted by atomic mass is 10.1. The molecule has 96 valence electrons. The SMILES string of the molecule is CS(=O)(=O)c1cccc(C2(N)N=CNC(N)=N2)c1. The highest BCUT2D eigenvalue weighted by Crippen LogP contribution is 2.24. The normalized spacial score (nSPS) is 23.3. The van der Waals surface area contributed by atoms with Crippen LogP contribution < -0.4 is 16.8 Å². The number of benzene rings is 1. The second-order valence-electron chi connectivity index (χ2n) is 3.93. The van der Waals surface area contributed by atoms with Gasteiger partial charge in [-0.05, 0) is 12.1 Å². The smallest absolute Gasteiger partial charge is 0.233 e. The summed E-state index contributed by atoms with van der Waals surface area (Å²) in [6, 6.07) is 6.16. The van der Waals surface area contributed by atoms with Crippen molar-refractivity contribution in [3.05, 3.63) is 29.8 Å². The molecule has 0 saturated carbocycles. The van der Waals surface area contributed by atoms with Crippen LogP contribution in [-0.4, -0.2) is 27.0 Å². The molecule has 7 nitrogen and oxygen atoms in total. The molecule has 0 aliphatic carbocycles. The van der Waals surface area contributed by atoms with Crippen molar-refractivity contribution >= 4 is 22.1 Å².